The Morgan fingerprint density at radius 3 is 2.35 bits per heavy atom. The van der Waals surface area contributed by atoms with Gasteiger partial charge in [0.15, 0.2) is 0 Å². The van der Waals surface area contributed by atoms with Crippen molar-refractivity contribution in [2.45, 2.75) is 53.7 Å². The minimum atomic E-state index is -0.217. The van der Waals surface area contributed by atoms with Crippen LogP contribution in [-0.4, -0.2) is 33.5 Å². The highest BCUT2D eigenvalue weighted by Gasteiger charge is 2.11. The predicted octanol–water partition coefficient (Wildman–Crippen LogP) is 3.16. The molecule has 1 amide bonds. The van der Waals surface area contributed by atoms with Crippen LogP contribution in [-0.2, 0) is 16.1 Å². The lowest BCUT2D eigenvalue weighted by atomic mass is 10.1. The van der Waals surface area contributed by atoms with Crippen LogP contribution in [0.15, 0.2) is 18.2 Å². The zero-order valence-electron chi connectivity index (χ0n) is 16.1. The van der Waals surface area contributed by atoms with Gasteiger partial charge in [-0.1, -0.05) is 36.2 Å². The van der Waals surface area contributed by atoms with Crippen LogP contribution in [0.25, 0.3) is 0 Å². The van der Waals surface area contributed by atoms with Crippen molar-refractivity contribution < 1.29 is 9.53 Å². The number of rotatable bonds is 8. The number of amides is 1. The molecule has 0 bridgehead atoms. The zero-order chi connectivity index (χ0) is 19.1. The smallest absolute Gasteiger partial charge is 0.234 e. The van der Waals surface area contributed by atoms with Crippen molar-refractivity contribution in [3.05, 3.63) is 40.7 Å². The van der Waals surface area contributed by atoms with E-state index in [0.29, 0.717) is 25.0 Å². The lowest BCUT2D eigenvalue weighted by Gasteiger charge is -2.18. The standard InChI is InChI=1S/C19H27N5O2/c1-6-17(11-26-10-16-8-12(2)7-13(3)9-16)23-19-21-14(4)20-18(24-19)22-15(5)25/h7-9,17H,6,10-11H2,1-5H3,(H2,20,21,22,23,24,25). The van der Waals surface area contributed by atoms with Gasteiger partial charge in [-0.15, -0.1) is 0 Å². The second-order valence-corrected chi connectivity index (χ2v) is 6.47. The maximum Gasteiger partial charge on any atom is 0.234 e. The summed E-state index contributed by atoms with van der Waals surface area (Å²) in [5.74, 6) is 1.00. The average molecular weight is 357 g/mol. The molecule has 0 radical (unpaired) electrons. The Labute approximate surface area is 154 Å². The van der Waals surface area contributed by atoms with Crippen LogP contribution in [0.2, 0.25) is 0 Å². The van der Waals surface area contributed by atoms with Gasteiger partial charge in [0, 0.05) is 6.92 Å². The molecule has 140 valence electrons. The van der Waals surface area contributed by atoms with Crippen molar-refractivity contribution >= 4 is 17.8 Å². The molecule has 0 aliphatic rings. The van der Waals surface area contributed by atoms with Crippen LogP contribution in [0.4, 0.5) is 11.9 Å². The normalized spacial score (nSPS) is 11.9. The van der Waals surface area contributed by atoms with Crippen LogP contribution in [0, 0.1) is 20.8 Å². The number of anilines is 2. The van der Waals surface area contributed by atoms with Gasteiger partial charge in [0.25, 0.3) is 0 Å². The Kier molecular flexibility index (Phi) is 7.03. The lowest BCUT2D eigenvalue weighted by molar-refractivity contribution is -0.114. The van der Waals surface area contributed by atoms with E-state index in [0.717, 1.165) is 6.42 Å². The fraction of sp³-hybridized carbons (Fsp3) is 0.474. The summed E-state index contributed by atoms with van der Waals surface area (Å²) < 4.78 is 5.88. The predicted molar refractivity (Wildman–Crippen MR) is 102 cm³/mol. The van der Waals surface area contributed by atoms with Gasteiger partial charge in [-0.2, -0.15) is 15.0 Å². The number of carbonyl (C=O) groups excluding carboxylic acids is 1. The maximum absolute atomic E-state index is 11.2. The van der Waals surface area contributed by atoms with Crippen molar-refractivity contribution in [3.8, 4) is 0 Å². The number of aryl methyl sites for hydroxylation is 3. The number of nitrogens with zero attached hydrogens (tertiary/aromatic N) is 3. The SMILES string of the molecule is CCC(COCc1cc(C)cc(C)c1)Nc1nc(C)nc(NC(C)=O)n1. The van der Waals surface area contributed by atoms with E-state index in [4.69, 9.17) is 4.74 Å². The molecule has 0 spiro atoms. The van der Waals surface area contributed by atoms with Gasteiger partial charge in [-0.05, 0) is 32.8 Å². The third-order valence-electron chi connectivity index (χ3n) is 3.73. The second kappa shape index (κ2) is 9.24. The summed E-state index contributed by atoms with van der Waals surface area (Å²) in [7, 11) is 0. The van der Waals surface area contributed by atoms with E-state index in [1.165, 1.54) is 23.6 Å². The molecule has 1 heterocycles. The summed E-state index contributed by atoms with van der Waals surface area (Å²) in [5, 5.41) is 5.83. The van der Waals surface area contributed by atoms with Gasteiger partial charge in [-0.3, -0.25) is 10.1 Å². The topological polar surface area (TPSA) is 89.0 Å². The molecule has 0 fully saturated rings. The van der Waals surface area contributed by atoms with E-state index in [-0.39, 0.29) is 17.9 Å². The molecule has 2 aromatic rings. The van der Waals surface area contributed by atoms with E-state index in [9.17, 15) is 4.79 Å². The molecule has 7 heteroatoms. The number of hydrogen-bond donors (Lipinski definition) is 2. The molecule has 26 heavy (non-hydrogen) atoms. The maximum atomic E-state index is 11.2. The zero-order valence-corrected chi connectivity index (χ0v) is 16.1. The quantitative estimate of drug-likeness (QED) is 0.754. The molecule has 2 N–H and O–H groups in total. The monoisotopic (exact) mass is 357 g/mol. The van der Waals surface area contributed by atoms with Crippen LogP contribution in [0.5, 0.6) is 0 Å². The van der Waals surface area contributed by atoms with Gasteiger partial charge in [0.2, 0.25) is 17.8 Å². The average Bonchev–Trinajstić information content (AvgIpc) is 2.51. The number of hydrogen-bond acceptors (Lipinski definition) is 6. The highest BCUT2D eigenvalue weighted by atomic mass is 16.5. The highest BCUT2D eigenvalue weighted by Crippen LogP contribution is 2.12. The Morgan fingerprint density at radius 2 is 1.73 bits per heavy atom. The Hall–Kier alpha value is -2.54. The van der Waals surface area contributed by atoms with Crippen molar-refractivity contribution in [1.82, 2.24) is 15.0 Å². The van der Waals surface area contributed by atoms with Gasteiger partial charge >= 0.3 is 0 Å². The van der Waals surface area contributed by atoms with E-state index < -0.39 is 0 Å². The molecule has 0 saturated carbocycles. The summed E-state index contributed by atoms with van der Waals surface area (Å²) in [5.41, 5.74) is 3.64. The molecule has 1 aromatic carbocycles. The molecule has 0 saturated heterocycles. The molecule has 0 aliphatic heterocycles. The second-order valence-electron chi connectivity index (χ2n) is 6.47. The minimum Gasteiger partial charge on any atom is -0.375 e. The van der Waals surface area contributed by atoms with Crippen LogP contribution < -0.4 is 10.6 Å². The third-order valence-corrected chi connectivity index (χ3v) is 3.73. The number of benzene rings is 1. The van der Waals surface area contributed by atoms with E-state index in [1.54, 1.807) is 6.92 Å². The Bertz CT molecular complexity index is 743. The first-order chi connectivity index (χ1) is 12.4. The first-order valence-corrected chi connectivity index (χ1v) is 8.77. The van der Waals surface area contributed by atoms with E-state index >= 15 is 0 Å². The van der Waals surface area contributed by atoms with Gasteiger partial charge in [0.05, 0.1) is 19.3 Å². The number of carbonyl (C=O) groups is 1. The summed E-state index contributed by atoms with van der Waals surface area (Å²) in [4.78, 5) is 23.8. The minimum absolute atomic E-state index is 0.0629. The van der Waals surface area contributed by atoms with Crippen LogP contribution >= 0.6 is 0 Å². The molecule has 1 unspecified atom stereocenters. The van der Waals surface area contributed by atoms with Gasteiger partial charge in [0.1, 0.15) is 5.82 Å². The molecule has 1 atom stereocenters. The lowest BCUT2D eigenvalue weighted by Crippen LogP contribution is -2.26. The van der Waals surface area contributed by atoms with Crippen molar-refractivity contribution in [2.75, 3.05) is 17.2 Å². The molecular formula is C19H27N5O2. The molecule has 7 nitrogen and oxygen atoms in total. The highest BCUT2D eigenvalue weighted by molar-refractivity contribution is 5.86. The number of aromatic nitrogens is 3. The summed E-state index contributed by atoms with van der Waals surface area (Å²) >= 11 is 0. The largest absolute Gasteiger partial charge is 0.375 e. The first-order valence-electron chi connectivity index (χ1n) is 8.77. The van der Waals surface area contributed by atoms with E-state index in [2.05, 4.69) is 64.6 Å². The van der Waals surface area contributed by atoms with Crippen molar-refractivity contribution in [3.63, 3.8) is 0 Å². The van der Waals surface area contributed by atoms with Crippen LogP contribution in [0.1, 0.15) is 42.8 Å². The van der Waals surface area contributed by atoms with E-state index in [1.807, 2.05) is 0 Å². The fourth-order valence-electron chi connectivity index (χ4n) is 2.68. The van der Waals surface area contributed by atoms with Gasteiger partial charge < -0.3 is 10.1 Å². The molecule has 2 rings (SSSR count). The molecule has 0 aliphatic carbocycles. The Morgan fingerprint density at radius 1 is 1.08 bits per heavy atom. The summed E-state index contributed by atoms with van der Waals surface area (Å²) in [6.45, 7) is 10.5. The first kappa shape index (κ1) is 19.8. The van der Waals surface area contributed by atoms with Crippen molar-refractivity contribution in [1.29, 1.82) is 0 Å². The summed E-state index contributed by atoms with van der Waals surface area (Å²) in [6, 6.07) is 6.48. The third kappa shape index (κ3) is 6.40. The van der Waals surface area contributed by atoms with Crippen LogP contribution in [0.3, 0.4) is 0 Å². The molecular weight excluding hydrogens is 330 g/mol. The molecule has 1 aromatic heterocycles. The van der Waals surface area contributed by atoms with Crippen molar-refractivity contribution in [2.24, 2.45) is 0 Å². The Balaban J connectivity index is 1.94. The summed E-state index contributed by atoms with van der Waals surface area (Å²) in [6.07, 6.45) is 0.854. The van der Waals surface area contributed by atoms with Gasteiger partial charge in [-0.25, -0.2) is 0 Å². The number of nitrogens with one attached hydrogen (secondary N) is 2. The number of ether oxygens (including phenoxy) is 1. The fourth-order valence-corrected chi connectivity index (χ4v) is 2.68.